The highest BCUT2D eigenvalue weighted by Gasteiger charge is 2.26. The smallest absolute Gasteiger partial charge is 0.245 e. The SMILES string of the molecule is Cc1nnc(N2CCN(C)CC2CN)nc1C. The van der Waals surface area contributed by atoms with Crippen molar-refractivity contribution in [3.63, 3.8) is 0 Å². The number of likely N-dealkylation sites (N-methyl/N-ethyl adjacent to an activating group) is 1. The number of anilines is 1. The maximum atomic E-state index is 5.82. The summed E-state index contributed by atoms with van der Waals surface area (Å²) in [5, 5.41) is 8.31. The first-order chi connectivity index (χ1) is 8.11. The molecule has 0 radical (unpaired) electrons. The molecule has 1 fully saturated rings. The molecule has 17 heavy (non-hydrogen) atoms. The van der Waals surface area contributed by atoms with Gasteiger partial charge in [-0.1, -0.05) is 0 Å². The Balaban J connectivity index is 2.22. The summed E-state index contributed by atoms with van der Waals surface area (Å²) in [6, 6.07) is 0.276. The first-order valence-electron chi connectivity index (χ1n) is 5.95. The molecule has 2 rings (SSSR count). The molecule has 1 unspecified atom stereocenters. The van der Waals surface area contributed by atoms with Gasteiger partial charge in [0.1, 0.15) is 0 Å². The topological polar surface area (TPSA) is 71.2 Å². The Hall–Kier alpha value is -1.27. The van der Waals surface area contributed by atoms with Gasteiger partial charge in [-0.25, -0.2) is 4.98 Å². The van der Waals surface area contributed by atoms with E-state index < -0.39 is 0 Å². The van der Waals surface area contributed by atoms with Crippen molar-refractivity contribution in [1.29, 1.82) is 0 Å². The van der Waals surface area contributed by atoms with E-state index in [-0.39, 0.29) is 6.04 Å². The second-order valence-corrected chi connectivity index (χ2v) is 4.63. The molecule has 1 aromatic rings. The Morgan fingerprint density at radius 1 is 1.24 bits per heavy atom. The molecular formula is C11H20N6. The Morgan fingerprint density at radius 2 is 2.00 bits per heavy atom. The van der Waals surface area contributed by atoms with E-state index in [2.05, 4.69) is 32.0 Å². The quantitative estimate of drug-likeness (QED) is 0.751. The molecule has 0 saturated carbocycles. The van der Waals surface area contributed by atoms with Gasteiger partial charge in [0.25, 0.3) is 0 Å². The van der Waals surface area contributed by atoms with Crippen LogP contribution in [0.3, 0.4) is 0 Å². The zero-order valence-electron chi connectivity index (χ0n) is 10.7. The lowest BCUT2D eigenvalue weighted by molar-refractivity contribution is 0.267. The van der Waals surface area contributed by atoms with Gasteiger partial charge in [-0.05, 0) is 20.9 Å². The maximum absolute atomic E-state index is 5.82. The largest absolute Gasteiger partial charge is 0.333 e. The zero-order chi connectivity index (χ0) is 12.4. The van der Waals surface area contributed by atoms with Gasteiger partial charge < -0.3 is 15.5 Å². The van der Waals surface area contributed by atoms with Crippen LogP contribution in [0.1, 0.15) is 11.4 Å². The monoisotopic (exact) mass is 236 g/mol. The van der Waals surface area contributed by atoms with Crippen molar-refractivity contribution in [3.8, 4) is 0 Å². The van der Waals surface area contributed by atoms with E-state index in [9.17, 15) is 0 Å². The lowest BCUT2D eigenvalue weighted by atomic mass is 10.2. The first-order valence-corrected chi connectivity index (χ1v) is 5.95. The summed E-state index contributed by atoms with van der Waals surface area (Å²) >= 11 is 0. The summed E-state index contributed by atoms with van der Waals surface area (Å²) in [7, 11) is 2.11. The minimum absolute atomic E-state index is 0.276. The van der Waals surface area contributed by atoms with Crippen LogP contribution in [-0.2, 0) is 0 Å². The Morgan fingerprint density at radius 3 is 2.65 bits per heavy atom. The summed E-state index contributed by atoms with van der Waals surface area (Å²) in [5.41, 5.74) is 7.63. The van der Waals surface area contributed by atoms with E-state index >= 15 is 0 Å². The Labute approximate surface area is 102 Å². The average molecular weight is 236 g/mol. The predicted octanol–water partition coefficient (Wildman–Crippen LogP) is -0.432. The number of piperazine rings is 1. The van der Waals surface area contributed by atoms with Gasteiger partial charge >= 0.3 is 0 Å². The lowest BCUT2D eigenvalue weighted by Gasteiger charge is -2.39. The third-order valence-electron chi connectivity index (χ3n) is 3.30. The van der Waals surface area contributed by atoms with Crippen LogP contribution in [0.5, 0.6) is 0 Å². The van der Waals surface area contributed by atoms with Crippen molar-refractivity contribution in [2.75, 3.05) is 38.1 Å². The van der Waals surface area contributed by atoms with Gasteiger partial charge in [-0.15, -0.1) is 5.10 Å². The fraction of sp³-hybridized carbons (Fsp3) is 0.727. The summed E-state index contributed by atoms with van der Waals surface area (Å²) in [4.78, 5) is 8.94. The number of rotatable bonds is 2. The number of aromatic nitrogens is 3. The Kier molecular flexibility index (Phi) is 3.54. The highest BCUT2D eigenvalue weighted by molar-refractivity contribution is 5.33. The van der Waals surface area contributed by atoms with Gasteiger partial charge in [-0.3, -0.25) is 0 Å². The van der Waals surface area contributed by atoms with Crippen molar-refractivity contribution < 1.29 is 0 Å². The van der Waals surface area contributed by atoms with Crippen molar-refractivity contribution in [2.45, 2.75) is 19.9 Å². The lowest BCUT2D eigenvalue weighted by Crippen LogP contribution is -2.55. The molecule has 0 spiro atoms. The van der Waals surface area contributed by atoms with Gasteiger partial charge in [0.2, 0.25) is 5.95 Å². The molecule has 1 aliphatic rings. The highest BCUT2D eigenvalue weighted by atomic mass is 15.4. The predicted molar refractivity (Wildman–Crippen MR) is 67.0 cm³/mol. The minimum Gasteiger partial charge on any atom is -0.333 e. The van der Waals surface area contributed by atoms with E-state index in [1.165, 1.54) is 0 Å². The number of hydrogen-bond acceptors (Lipinski definition) is 6. The van der Waals surface area contributed by atoms with Crippen LogP contribution >= 0.6 is 0 Å². The molecule has 0 bridgehead atoms. The zero-order valence-corrected chi connectivity index (χ0v) is 10.7. The first kappa shape index (κ1) is 12.2. The molecule has 94 valence electrons. The summed E-state index contributed by atoms with van der Waals surface area (Å²) in [6.45, 7) is 7.35. The highest BCUT2D eigenvalue weighted by Crippen LogP contribution is 2.15. The molecule has 0 amide bonds. The number of nitrogens with zero attached hydrogens (tertiary/aromatic N) is 5. The normalized spacial score (nSPS) is 21.9. The van der Waals surface area contributed by atoms with Crippen LogP contribution in [0.4, 0.5) is 5.95 Å². The maximum Gasteiger partial charge on any atom is 0.245 e. The van der Waals surface area contributed by atoms with E-state index in [1.807, 2.05) is 13.8 Å². The van der Waals surface area contributed by atoms with Crippen molar-refractivity contribution in [2.24, 2.45) is 5.73 Å². The van der Waals surface area contributed by atoms with Gasteiger partial charge in [0, 0.05) is 26.2 Å². The summed E-state index contributed by atoms with van der Waals surface area (Å²) in [6.07, 6.45) is 0. The van der Waals surface area contributed by atoms with Gasteiger partial charge in [-0.2, -0.15) is 5.10 Å². The van der Waals surface area contributed by atoms with Gasteiger partial charge in [0.05, 0.1) is 17.4 Å². The number of nitrogens with two attached hydrogens (primary N) is 1. The van der Waals surface area contributed by atoms with E-state index in [4.69, 9.17) is 5.73 Å². The third-order valence-corrected chi connectivity index (χ3v) is 3.30. The van der Waals surface area contributed by atoms with E-state index in [1.54, 1.807) is 0 Å². The van der Waals surface area contributed by atoms with Crippen LogP contribution in [0.2, 0.25) is 0 Å². The molecule has 2 heterocycles. The van der Waals surface area contributed by atoms with E-state index in [0.29, 0.717) is 12.5 Å². The molecule has 2 N–H and O–H groups in total. The molecular weight excluding hydrogens is 216 g/mol. The summed E-state index contributed by atoms with van der Waals surface area (Å²) < 4.78 is 0. The van der Waals surface area contributed by atoms with Crippen molar-refractivity contribution in [3.05, 3.63) is 11.4 Å². The number of aryl methyl sites for hydroxylation is 2. The van der Waals surface area contributed by atoms with Crippen molar-refractivity contribution >= 4 is 5.95 Å². The van der Waals surface area contributed by atoms with E-state index in [0.717, 1.165) is 31.0 Å². The number of hydrogen-bond donors (Lipinski definition) is 1. The Bertz CT molecular complexity index is 394. The second kappa shape index (κ2) is 4.93. The molecule has 1 atom stereocenters. The van der Waals surface area contributed by atoms with Crippen LogP contribution < -0.4 is 10.6 Å². The van der Waals surface area contributed by atoms with Crippen molar-refractivity contribution in [1.82, 2.24) is 20.1 Å². The van der Waals surface area contributed by atoms with Crippen LogP contribution in [-0.4, -0.2) is 59.3 Å². The fourth-order valence-corrected chi connectivity index (χ4v) is 2.04. The summed E-state index contributed by atoms with van der Waals surface area (Å²) in [5.74, 6) is 0.705. The molecule has 1 aromatic heterocycles. The van der Waals surface area contributed by atoms with Crippen LogP contribution in [0.15, 0.2) is 0 Å². The minimum atomic E-state index is 0.276. The second-order valence-electron chi connectivity index (χ2n) is 4.63. The molecule has 1 aliphatic heterocycles. The molecule has 6 heteroatoms. The standard InChI is InChI=1S/C11H20N6/c1-8-9(2)14-15-11(13-8)17-5-4-16(3)7-10(17)6-12/h10H,4-7,12H2,1-3H3. The molecule has 0 aromatic carbocycles. The molecule has 0 aliphatic carbocycles. The third kappa shape index (κ3) is 2.53. The van der Waals surface area contributed by atoms with Gasteiger partial charge in [0.15, 0.2) is 0 Å². The fourth-order valence-electron chi connectivity index (χ4n) is 2.04. The molecule has 1 saturated heterocycles. The van der Waals surface area contributed by atoms with Crippen LogP contribution in [0.25, 0.3) is 0 Å². The average Bonchev–Trinajstić information content (AvgIpc) is 2.32. The molecule has 6 nitrogen and oxygen atoms in total. The van der Waals surface area contributed by atoms with Crippen LogP contribution in [0, 0.1) is 13.8 Å².